The number of H-pyrrole nitrogens is 2. The van der Waals surface area contributed by atoms with Crippen LogP contribution in [0.15, 0.2) is 35.3 Å². The van der Waals surface area contributed by atoms with Crippen molar-refractivity contribution < 1.29 is 4.39 Å². The van der Waals surface area contributed by atoms with Gasteiger partial charge in [0.05, 0.1) is 0 Å². The molecular formula is C16H19FN4O. The van der Waals surface area contributed by atoms with Crippen LogP contribution in [0.5, 0.6) is 0 Å². The number of nitrogens with one attached hydrogen (secondary N) is 2. The van der Waals surface area contributed by atoms with E-state index >= 15 is 0 Å². The molecule has 6 heteroatoms. The summed E-state index contributed by atoms with van der Waals surface area (Å²) in [5, 5.41) is 0. The number of nitrogen functional groups attached to an aromatic ring is 1. The number of hydrogen-bond donors (Lipinski definition) is 3. The summed E-state index contributed by atoms with van der Waals surface area (Å²) in [5.74, 6) is -0.477. The summed E-state index contributed by atoms with van der Waals surface area (Å²) in [6, 6.07) is 6.55. The van der Waals surface area contributed by atoms with Crippen LogP contribution in [0.1, 0.15) is 37.8 Å². The number of anilines is 1. The van der Waals surface area contributed by atoms with E-state index in [0.717, 1.165) is 5.56 Å². The fourth-order valence-electron chi connectivity index (χ4n) is 2.38. The highest BCUT2D eigenvalue weighted by Crippen LogP contribution is 2.29. The average Bonchev–Trinajstić information content (AvgIpc) is 2.93. The van der Waals surface area contributed by atoms with Gasteiger partial charge in [-0.25, -0.2) is 9.37 Å². The van der Waals surface area contributed by atoms with Crippen molar-refractivity contribution in [1.29, 1.82) is 0 Å². The van der Waals surface area contributed by atoms with Gasteiger partial charge < -0.3 is 10.7 Å². The van der Waals surface area contributed by atoms with Gasteiger partial charge in [0.1, 0.15) is 16.9 Å². The maximum Gasteiger partial charge on any atom is 0.276 e. The minimum Gasteiger partial charge on any atom is -0.369 e. The van der Waals surface area contributed by atoms with Crippen molar-refractivity contribution in [3.05, 3.63) is 57.8 Å². The minimum absolute atomic E-state index is 0.0454. The zero-order valence-electron chi connectivity index (χ0n) is 12.8. The Morgan fingerprint density at radius 2 is 1.91 bits per heavy atom. The summed E-state index contributed by atoms with van der Waals surface area (Å²) in [4.78, 5) is 21.2. The van der Waals surface area contributed by atoms with Crippen LogP contribution in [0.3, 0.4) is 0 Å². The van der Waals surface area contributed by atoms with Crippen molar-refractivity contribution in [2.45, 2.75) is 26.7 Å². The van der Waals surface area contributed by atoms with E-state index in [4.69, 9.17) is 5.73 Å². The molecule has 2 aromatic heterocycles. The van der Waals surface area contributed by atoms with E-state index in [9.17, 15) is 9.18 Å². The smallest absolute Gasteiger partial charge is 0.276 e. The first kappa shape index (κ1) is 15.8. The Labute approximate surface area is 127 Å². The first-order valence-corrected chi connectivity index (χ1v) is 7.19. The highest BCUT2D eigenvalue weighted by atomic mass is 19.1. The van der Waals surface area contributed by atoms with Crippen LogP contribution in [0, 0.1) is 5.82 Å². The van der Waals surface area contributed by atoms with Crippen LogP contribution < -0.4 is 11.3 Å². The minimum atomic E-state index is -0.334. The maximum absolute atomic E-state index is 13.9. The molecule has 116 valence electrons. The number of benzene rings is 1. The lowest BCUT2D eigenvalue weighted by atomic mass is 9.94. The van der Waals surface area contributed by atoms with Crippen molar-refractivity contribution in [2.75, 3.05) is 5.73 Å². The number of nitrogens with two attached hydrogens (primary N) is 1. The maximum atomic E-state index is 13.9. The Bertz CT molecular complexity index is 838. The van der Waals surface area contributed by atoms with E-state index in [0.29, 0.717) is 16.6 Å². The number of rotatable bonds is 2. The van der Waals surface area contributed by atoms with Crippen LogP contribution in [0.2, 0.25) is 0 Å². The number of aromatic nitrogens is 3. The lowest BCUT2D eigenvalue weighted by molar-refractivity contribution is 0.603. The average molecular weight is 302 g/mol. The van der Waals surface area contributed by atoms with Crippen molar-refractivity contribution in [2.24, 2.45) is 0 Å². The van der Waals surface area contributed by atoms with E-state index in [1.807, 2.05) is 20.8 Å². The molecular weight excluding hydrogens is 283 g/mol. The number of nitrogens with zero attached hydrogens (tertiary/aromatic N) is 1. The second kappa shape index (κ2) is 6.43. The third kappa shape index (κ3) is 2.72. The van der Waals surface area contributed by atoms with Crippen LogP contribution in [-0.4, -0.2) is 15.0 Å². The second-order valence-corrected chi connectivity index (χ2v) is 4.66. The molecule has 3 aromatic rings. The number of fused-ring (bicyclic) bond motifs is 1. The molecule has 0 fully saturated rings. The monoisotopic (exact) mass is 302 g/mol. The molecule has 2 heterocycles. The summed E-state index contributed by atoms with van der Waals surface area (Å²) in [6.45, 7) is 5.86. The van der Waals surface area contributed by atoms with E-state index in [1.54, 1.807) is 24.4 Å². The van der Waals surface area contributed by atoms with Gasteiger partial charge in [0, 0.05) is 17.7 Å². The Morgan fingerprint density at radius 3 is 2.59 bits per heavy atom. The zero-order valence-corrected chi connectivity index (χ0v) is 12.8. The molecule has 1 unspecified atom stereocenters. The van der Waals surface area contributed by atoms with Crippen molar-refractivity contribution in [1.82, 2.24) is 15.0 Å². The molecule has 0 radical (unpaired) electrons. The molecule has 22 heavy (non-hydrogen) atoms. The molecule has 4 N–H and O–H groups in total. The summed E-state index contributed by atoms with van der Waals surface area (Å²) in [6.07, 6.45) is 1.67. The standard InChI is InChI=1S/C14H13FN4O.C2H6/c1-7(8-4-2-3-5-10(8)15)9-6-17-12-11(9)18-14(16)19-13(12)20;1-2/h2-7,17H,1H3,(H3,16,18,19,20);1-2H3. The summed E-state index contributed by atoms with van der Waals surface area (Å²) in [5.41, 5.74) is 7.34. The molecule has 0 bridgehead atoms. The number of hydrogen-bond acceptors (Lipinski definition) is 3. The molecule has 3 rings (SSSR count). The molecule has 1 atom stereocenters. The van der Waals surface area contributed by atoms with E-state index < -0.39 is 0 Å². The van der Waals surface area contributed by atoms with Gasteiger partial charge in [-0.15, -0.1) is 0 Å². The summed E-state index contributed by atoms with van der Waals surface area (Å²) < 4.78 is 13.9. The molecule has 0 aliphatic carbocycles. The summed E-state index contributed by atoms with van der Waals surface area (Å²) >= 11 is 0. The first-order valence-electron chi connectivity index (χ1n) is 7.19. The Morgan fingerprint density at radius 1 is 1.23 bits per heavy atom. The lowest BCUT2D eigenvalue weighted by Crippen LogP contribution is -2.11. The SMILES string of the molecule is CC.CC(c1ccccc1F)c1c[nH]c2c(=O)[nH]c(N)nc12. The molecule has 0 aliphatic heterocycles. The lowest BCUT2D eigenvalue weighted by Gasteiger charge is -2.11. The van der Waals surface area contributed by atoms with Crippen LogP contribution in [0.4, 0.5) is 10.3 Å². The van der Waals surface area contributed by atoms with E-state index in [1.165, 1.54) is 6.07 Å². The quantitative estimate of drug-likeness (QED) is 0.679. The molecule has 0 spiro atoms. The summed E-state index contributed by atoms with van der Waals surface area (Å²) in [7, 11) is 0. The Balaban J connectivity index is 0.000000847. The van der Waals surface area contributed by atoms with Crippen LogP contribution in [-0.2, 0) is 0 Å². The predicted octanol–water partition coefficient (Wildman–Crippen LogP) is 3.15. The molecule has 0 amide bonds. The highest BCUT2D eigenvalue weighted by Gasteiger charge is 2.18. The van der Waals surface area contributed by atoms with Gasteiger partial charge in [-0.1, -0.05) is 39.0 Å². The highest BCUT2D eigenvalue weighted by molar-refractivity contribution is 5.80. The Kier molecular flexibility index (Phi) is 4.60. The fraction of sp³-hybridized carbons (Fsp3) is 0.250. The predicted molar refractivity (Wildman–Crippen MR) is 86.4 cm³/mol. The number of aromatic amines is 2. The molecule has 0 saturated heterocycles. The number of halogens is 1. The third-order valence-electron chi connectivity index (χ3n) is 3.42. The van der Waals surface area contributed by atoms with E-state index in [2.05, 4.69) is 15.0 Å². The van der Waals surface area contributed by atoms with E-state index in [-0.39, 0.29) is 23.2 Å². The van der Waals surface area contributed by atoms with Gasteiger partial charge in [0.25, 0.3) is 5.56 Å². The van der Waals surface area contributed by atoms with Gasteiger partial charge >= 0.3 is 0 Å². The normalized spacial score (nSPS) is 11.8. The van der Waals surface area contributed by atoms with Crippen molar-refractivity contribution in [3.63, 3.8) is 0 Å². The topological polar surface area (TPSA) is 87.6 Å². The van der Waals surface area contributed by atoms with Crippen LogP contribution >= 0.6 is 0 Å². The van der Waals surface area contributed by atoms with Crippen LogP contribution in [0.25, 0.3) is 11.0 Å². The van der Waals surface area contributed by atoms with Gasteiger partial charge in [-0.2, -0.15) is 0 Å². The molecule has 0 aliphatic rings. The van der Waals surface area contributed by atoms with Crippen molar-refractivity contribution in [3.8, 4) is 0 Å². The first-order chi connectivity index (χ1) is 10.6. The van der Waals surface area contributed by atoms with Gasteiger partial charge in [0.2, 0.25) is 5.95 Å². The van der Waals surface area contributed by atoms with Gasteiger partial charge in [-0.3, -0.25) is 9.78 Å². The van der Waals surface area contributed by atoms with Gasteiger partial charge in [-0.05, 0) is 11.6 Å². The molecule has 1 aromatic carbocycles. The largest absolute Gasteiger partial charge is 0.369 e. The third-order valence-corrected chi connectivity index (χ3v) is 3.42. The second-order valence-electron chi connectivity index (χ2n) is 4.66. The zero-order chi connectivity index (χ0) is 16.3. The van der Waals surface area contributed by atoms with Gasteiger partial charge in [0.15, 0.2) is 0 Å². The Hall–Kier alpha value is -2.63. The molecule has 0 saturated carbocycles. The molecule has 5 nitrogen and oxygen atoms in total. The van der Waals surface area contributed by atoms with Crippen molar-refractivity contribution >= 4 is 17.0 Å². The fourth-order valence-corrected chi connectivity index (χ4v) is 2.38.